The van der Waals surface area contributed by atoms with Crippen LogP contribution in [0.1, 0.15) is 11.5 Å². The van der Waals surface area contributed by atoms with Gasteiger partial charge < -0.3 is 4.74 Å². The van der Waals surface area contributed by atoms with E-state index < -0.39 is 28.0 Å². The van der Waals surface area contributed by atoms with Crippen molar-refractivity contribution < 1.29 is 13.9 Å². The highest BCUT2D eigenvalue weighted by Crippen LogP contribution is 2.65. The number of halogens is 4. The van der Waals surface area contributed by atoms with Gasteiger partial charge >= 0.3 is 5.97 Å². The fourth-order valence-electron chi connectivity index (χ4n) is 1.87. The third-order valence-corrected chi connectivity index (χ3v) is 4.04. The van der Waals surface area contributed by atoms with Crippen molar-refractivity contribution in [1.82, 2.24) is 0 Å². The van der Waals surface area contributed by atoms with Crippen molar-refractivity contribution >= 4 is 40.8 Å². The predicted octanol–water partition coefficient (Wildman–Crippen LogP) is 3.54. The van der Waals surface area contributed by atoms with Crippen LogP contribution < -0.4 is 0 Å². The van der Waals surface area contributed by atoms with Gasteiger partial charge in [0.25, 0.3) is 0 Å². The van der Waals surface area contributed by atoms with Crippen molar-refractivity contribution in [3.63, 3.8) is 0 Å². The number of hydrogen-bond donors (Lipinski definition) is 0. The van der Waals surface area contributed by atoms with E-state index in [0.717, 1.165) is 0 Å². The second kappa shape index (κ2) is 4.30. The summed E-state index contributed by atoms with van der Waals surface area (Å²) in [6.45, 7) is 0. The molecule has 0 radical (unpaired) electrons. The van der Waals surface area contributed by atoms with Crippen LogP contribution in [0.2, 0.25) is 5.02 Å². The Balaban J connectivity index is 2.30. The average Bonchev–Trinajstić information content (AvgIpc) is 2.84. The number of rotatable bonds is 2. The molecule has 0 aliphatic heterocycles. The molecule has 2 rings (SSSR count). The molecule has 6 heteroatoms. The van der Waals surface area contributed by atoms with E-state index in [1.807, 2.05) is 0 Å². The second-order valence-corrected chi connectivity index (χ2v) is 5.68. The third-order valence-electron chi connectivity index (χ3n) is 2.81. The molecule has 2 atom stereocenters. The molecule has 2 nitrogen and oxygen atoms in total. The minimum absolute atomic E-state index is 0.0258. The van der Waals surface area contributed by atoms with Crippen LogP contribution in [0.4, 0.5) is 4.39 Å². The van der Waals surface area contributed by atoms with E-state index in [1.54, 1.807) is 0 Å². The lowest BCUT2D eigenvalue weighted by atomic mass is 10.1. The first-order valence-corrected chi connectivity index (χ1v) is 5.93. The van der Waals surface area contributed by atoms with Gasteiger partial charge in [-0.15, -0.1) is 0 Å². The zero-order valence-electron chi connectivity index (χ0n) is 8.72. The molecule has 1 aliphatic carbocycles. The summed E-state index contributed by atoms with van der Waals surface area (Å²) in [7, 11) is 1.26. The summed E-state index contributed by atoms with van der Waals surface area (Å²) >= 11 is 17.7. The van der Waals surface area contributed by atoms with Gasteiger partial charge in [0.15, 0.2) is 0 Å². The number of benzene rings is 1. The van der Waals surface area contributed by atoms with E-state index >= 15 is 0 Å². The molecule has 1 aromatic carbocycles. The molecular formula is C11H8Cl3FO2. The third kappa shape index (κ3) is 2.12. The van der Waals surface area contributed by atoms with Crippen molar-refractivity contribution in [2.75, 3.05) is 7.11 Å². The summed E-state index contributed by atoms with van der Waals surface area (Å²) < 4.78 is 16.4. The number of alkyl halides is 2. The molecule has 0 aromatic heterocycles. The summed E-state index contributed by atoms with van der Waals surface area (Å²) in [4.78, 5) is 11.4. The van der Waals surface area contributed by atoms with Gasteiger partial charge in [-0.05, 0) is 17.7 Å². The highest BCUT2D eigenvalue weighted by molar-refractivity contribution is 6.53. The van der Waals surface area contributed by atoms with Crippen molar-refractivity contribution in [2.24, 2.45) is 5.92 Å². The molecule has 0 N–H and O–H groups in total. The second-order valence-electron chi connectivity index (χ2n) is 3.83. The highest BCUT2D eigenvalue weighted by atomic mass is 35.5. The van der Waals surface area contributed by atoms with Crippen LogP contribution in [0, 0.1) is 11.7 Å². The Labute approximate surface area is 113 Å². The minimum Gasteiger partial charge on any atom is -0.469 e. The average molecular weight is 298 g/mol. The predicted molar refractivity (Wildman–Crippen MR) is 64.1 cm³/mol. The van der Waals surface area contributed by atoms with Crippen molar-refractivity contribution in [3.05, 3.63) is 34.6 Å². The number of esters is 1. The monoisotopic (exact) mass is 296 g/mol. The zero-order chi connectivity index (χ0) is 12.8. The molecule has 0 saturated heterocycles. The molecule has 1 aliphatic rings. The van der Waals surface area contributed by atoms with E-state index in [9.17, 15) is 9.18 Å². The van der Waals surface area contributed by atoms with Gasteiger partial charge in [-0.25, -0.2) is 4.39 Å². The fraction of sp³-hybridized carbons (Fsp3) is 0.364. The molecule has 0 spiro atoms. The summed E-state index contributed by atoms with van der Waals surface area (Å²) in [5.41, 5.74) is 0.622. The van der Waals surface area contributed by atoms with E-state index in [-0.39, 0.29) is 5.02 Å². The molecular weight excluding hydrogens is 289 g/mol. The molecule has 17 heavy (non-hydrogen) atoms. The van der Waals surface area contributed by atoms with E-state index in [1.165, 1.54) is 25.3 Å². The number of carbonyl (C=O) groups excluding carboxylic acids is 1. The Bertz CT molecular complexity index is 476. The SMILES string of the molecule is COC(=O)[C@@H]1[C@@H](c2ccc(F)c(Cl)c2)C1(Cl)Cl. The van der Waals surface area contributed by atoms with Crippen LogP contribution in [0.5, 0.6) is 0 Å². The van der Waals surface area contributed by atoms with Crippen LogP contribution in [0.25, 0.3) is 0 Å². The summed E-state index contributed by atoms with van der Waals surface area (Å²) in [5, 5.41) is -0.0258. The number of hydrogen-bond acceptors (Lipinski definition) is 2. The van der Waals surface area contributed by atoms with Gasteiger partial charge in [-0.3, -0.25) is 4.79 Å². The Morgan fingerprint density at radius 3 is 2.65 bits per heavy atom. The maximum Gasteiger partial charge on any atom is 0.312 e. The maximum atomic E-state index is 13.0. The molecule has 0 heterocycles. The molecule has 92 valence electrons. The quantitative estimate of drug-likeness (QED) is 0.616. The summed E-state index contributed by atoms with van der Waals surface area (Å²) in [5.74, 6) is -2.07. The molecule has 1 fully saturated rings. The standard InChI is InChI=1S/C11H8Cl3FO2/c1-17-10(16)9-8(11(9,13)14)5-2-3-7(15)6(12)4-5/h2-4,8-9H,1H3/t8-,9+/m1/s1. The van der Waals surface area contributed by atoms with E-state index in [2.05, 4.69) is 4.74 Å². The Hall–Kier alpha value is -0.510. The lowest BCUT2D eigenvalue weighted by Gasteiger charge is -2.01. The van der Waals surface area contributed by atoms with Gasteiger partial charge in [-0.1, -0.05) is 40.9 Å². The van der Waals surface area contributed by atoms with Gasteiger partial charge in [0.05, 0.1) is 12.1 Å². The van der Waals surface area contributed by atoms with E-state index in [0.29, 0.717) is 5.56 Å². The Morgan fingerprint density at radius 2 is 2.12 bits per heavy atom. The highest BCUT2D eigenvalue weighted by Gasteiger charge is 2.68. The molecule has 0 amide bonds. The molecule has 1 aromatic rings. The minimum atomic E-state index is -1.21. The van der Waals surface area contributed by atoms with Crippen LogP contribution in [-0.4, -0.2) is 17.4 Å². The van der Waals surface area contributed by atoms with Crippen molar-refractivity contribution in [2.45, 2.75) is 10.3 Å². The maximum absolute atomic E-state index is 13.0. The normalized spacial score (nSPS) is 25.5. The summed E-state index contributed by atoms with van der Waals surface area (Å²) in [6.07, 6.45) is 0. The van der Waals surface area contributed by atoms with Gasteiger partial charge in [0.1, 0.15) is 16.1 Å². The zero-order valence-corrected chi connectivity index (χ0v) is 11.0. The molecule has 0 unspecified atom stereocenters. The first-order chi connectivity index (χ1) is 7.89. The summed E-state index contributed by atoms with van der Waals surface area (Å²) in [6, 6.07) is 4.15. The number of ether oxygens (including phenoxy) is 1. The molecule has 1 saturated carbocycles. The van der Waals surface area contributed by atoms with Crippen molar-refractivity contribution in [3.8, 4) is 0 Å². The number of carbonyl (C=O) groups is 1. The van der Waals surface area contributed by atoms with Gasteiger partial charge in [0, 0.05) is 5.92 Å². The Kier molecular flexibility index (Phi) is 3.27. The molecule has 0 bridgehead atoms. The van der Waals surface area contributed by atoms with Crippen LogP contribution in [-0.2, 0) is 9.53 Å². The largest absolute Gasteiger partial charge is 0.469 e. The van der Waals surface area contributed by atoms with Crippen LogP contribution >= 0.6 is 34.8 Å². The van der Waals surface area contributed by atoms with Crippen molar-refractivity contribution in [1.29, 1.82) is 0 Å². The first-order valence-electron chi connectivity index (χ1n) is 4.80. The van der Waals surface area contributed by atoms with Gasteiger partial charge in [0.2, 0.25) is 0 Å². The smallest absolute Gasteiger partial charge is 0.312 e. The van der Waals surface area contributed by atoms with Crippen LogP contribution in [0.15, 0.2) is 18.2 Å². The topological polar surface area (TPSA) is 26.3 Å². The van der Waals surface area contributed by atoms with Gasteiger partial charge in [-0.2, -0.15) is 0 Å². The Morgan fingerprint density at radius 1 is 1.47 bits per heavy atom. The van der Waals surface area contributed by atoms with E-state index in [4.69, 9.17) is 34.8 Å². The lowest BCUT2D eigenvalue weighted by Crippen LogP contribution is -2.07. The van der Waals surface area contributed by atoms with Crippen LogP contribution in [0.3, 0.4) is 0 Å². The lowest BCUT2D eigenvalue weighted by molar-refractivity contribution is -0.142. The first kappa shape index (κ1) is 12.9. The number of methoxy groups -OCH3 is 1. The fourth-order valence-corrected chi connectivity index (χ4v) is 2.86.